The molecule has 2 atom stereocenters. The molecular weight excluding hydrogens is 198 g/mol. The minimum atomic E-state index is -0.153. The molecule has 2 unspecified atom stereocenters. The zero-order valence-corrected chi connectivity index (χ0v) is 10.3. The van der Waals surface area contributed by atoms with Gasteiger partial charge in [0.1, 0.15) is 0 Å². The van der Waals surface area contributed by atoms with Gasteiger partial charge in [-0.05, 0) is 30.9 Å². The summed E-state index contributed by atoms with van der Waals surface area (Å²) in [6.07, 6.45) is 1.54. The van der Waals surface area contributed by atoms with E-state index in [2.05, 4.69) is 36.5 Å². The van der Waals surface area contributed by atoms with E-state index >= 15 is 0 Å². The molecule has 0 aromatic heterocycles. The predicted octanol–water partition coefficient (Wildman–Crippen LogP) is 2.54. The molecule has 16 heavy (non-hydrogen) atoms. The Labute approximate surface area is 98.7 Å². The fourth-order valence-electron chi connectivity index (χ4n) is 1.69. The molecule has 1 aromatic rings. The number of aliphatic hydroxyl groups is 1. The second kappa shape index (κ2) is 7.42. The Kier molecular flexibility index (Phi) is 6.12. The predicted molar refractivity (Wildman–Crippen MR) is 68.6 cm³/mol. The Morgan fingerprint density at radius 2 is 1.94 bits per heavy atom. The van der Waals surface area contributed by atoms with Crippen LogP contribution in [0, 0.1) is 0 Å². The number of nitrogens with one attached hydrogen (secondary N) is 1. The van der Waals surface area contributed by atoms with Gasteiger partial charge in [0.15, 0.2) is 0 Å². The van der Waals surface area contributed by atoms with Crippen LogP contribution in [0.2, 0.25) is 0 Å². The highest BCUT2D eigenvalue weighted by Gasteiger charge is 2.04. The first kappa shape index (κ1) is 13.2. The van der Waals surface area contributed by atoms with Gasteiger partial charge in [0.05, 0.1) is 6.10 Å². The maximum Gasteiger partial charge on any atom is 0.0549 e. The first-order chi connectivity index (χ1) is 7.74. The van der Waals surface area contributed by atoms with Crippen LogP contribution < -0.4 is 5.32 Å². The molecule has 90 valence electrons. The highest BCUT2D eigenvalue weighted by Crippen LogP contribution is 2.12. The van der Waals surface area contributed by atoms with Crippen molar-refractivity contribution in [1.82, 2.24) is 5.32 Å². The third kappa shape index (κ3) is 4.77. The van der Waals surface area contributed by atoms with Crippen molar-refractivity contribution in [2.75, 3.05) is 13.1 Å². The molecule has 0 amide bonds. The van der Waals surface area contributed by atoms with Crippen molar-refractivity contribution in [3.63, 3.8) is 0 Å². The first-order valence-corrected chi connectivity index (χ1v) is 6.17. The molecule has 0 fully saturated rings. The molecule has 0 saturated carbocycles. The Morgan fingerprint density at radius 1 is 1.25 bits per heavy atom. The summed E-state index contributed by atoms with van der Waals surface area (Å²) in [5.74, 6) is 0.528. The lowest BCUT2D eigenvalue weighted by atomic mass is 10.0. The van der Waals surface area contributed by atoms with Crippen molar-refractivity contribution < 1.29 is 5.11 Å². The van der Waals surface area contributed by atoms with Crippen LogP contribution in [-0.4, -0.2) is 24.3 Å². The summed E-state index contributed by atoms with van der Waals surface area (Å²) in [4.78, 5) is 0. The monoisotopic (exact) mass is 221 g/mol. The van der Waals surface area contributed by atoms with Gasteiger partial charge in [-0.25, -0.2) is 0 Å². The van der Waals surface area contributed by atoms with E-state index in [1.807, 2.05) is 13.0 Å². The Morgan fingerprint density at radius 3 is 2.56 bits per heavy atom. The van der Waals surface area contributed by atoms with Gasteiger partial charge in [-0.15, -0.1) is 0 Å². The summed E-state index contributed by atoms with van der Waals surface area (Å²) in [7, 11) is 0. The smallest absolute Gasteiger partial charge is 0.0549 e. The van der Waals surface area contributed by atoms with Crippen molar-refractivity contribution >= 4 is 0 Å². The molecule has 1 rings (SSSR count). The molecule has 0 aliphatic heterocycles. The van der Waals surface area contributed by atoms with Crippen molar-refractivity contribution in [3.05, 3.63) is 35.9 Å². The van der Waals surface area contributed by atoms with E-state index in [9.17, 15) is 5.11 Å². The van der Waals surface area contributed by atoms with Crippen LogP contribution in [0.15, 0.2) is 30.3 Å². The summed E-state index contributed by atoms with van der Waals surface area (Å²) in [5.41, 5.74) is 1.37. The second-order valence-electron chi connectivity index (χ2n) is 4.37. The molecular formula is C14H23NO. The molecule has 2 heteroatoms. The van der Waals surface area contributed by atoms with Crippen molar-refractivity contribution in [2.45, 2.75) is 38.7 Å². The fraction of sp³-hybridized carbons (Fsp3) is 0.571. The molecule has 0 radical (unpaired) electrons. The highest BCUT2D eigenvalue weighted by atomic mass is 16.3. The lowest BCUT2D eigenvalue weighted by Gasteiger charge is -2.14. The number of rotatable bonds is 7. The summed E-state index contributed by atoms with van der Waals surface area (Å²) in [6.45, 7) is 6.10. The molecule has 0 saturated heterocycles. The number of hydrogen-bond acceptors (Lipinski definition) is 2. The van der Waals surface area contributed by atoms with Crippen molar-refractivity contribution in [2.24, 2.45) is 0 Å². The maximum absolute atomic E-state index is 9.40. The van der Waals surface area contributed by atoms with Crippen molar-refractivity contribution in [3.8, 4) is 0 Å². The highest BCUT2D eigenvalue weighted by molar-refractivity contribution is 5.18. The van der Waals surface area contributed by atoms with E-state index in [-0.39, 0.29) is 6.10 Å². The van der Waals surface area contributed by atoms with Gasteiger partial charge in [-0.3, -0.25) is 0 Å². The molecule has 2 N–H and O–H groups in total. The quantitative estimate of drug-likeness (QED) is 0.693. The molecule has 0 bridgehead atoms. The minimum Gasteiger partial charge on any atom is -0.393 e. The van der Waals surface area contributed by atoms with Gasteiger partial charge in [-0.2, -0.15) is 0 Å². The number of aliphatic hydroxyl groups excluding tert-OH is 1. The number of hydrogen-bond donors (Lipinski definition) is 2. The molecule has 1 aromatic carbocycles. The molecule has 0 spiro atoms. The molecule has 0 aliphatic carbocycles. The van der Waals surface area contributed by atoms with Crippen LogP contribution in [0.25, 0.3) is 0 Å². The largest absolute Gasteiger partial charge is 0.393 e. The van der Waals surface area contributed by atoms with E-state index in [4.69, 9.17) is 0 Å². The second-order valence-corrected chi connectivity index (χ2v) is 4.37. The lowest BCUT2D eigenvalue weighted by Crippen LogP contribution is -2.24. The van der Waals surface area contributed by atoms with E-state index < -0.39 is 0 Å². The minimum absolute atomic E-state index is 0.153. The average molecular weight is 221 g/mol. The Balaban J connectivity index is 2.18. The summed E-state index contributed by atoms with van der Waals surface area (Å²) < 4.78 is 0. The van der Waals surface area contributed by atoms with Crippen molar-refractivity contribution in [1.29, 1.82) is 0 Å². The Bertz CT molecular complexity index is 273. The van der Waals surface area contributed by atoms with Crippen LogP contribution in [0.5, 0.6) is 0 Å². The maximum atomic E-state index is 9.40. The molecule has 0 heterocycles. The zero-order valence-electron chi connectivity index (χ0n) is 10.3. The van der Waals surface area contributed by atoms with Gasteiger partial charge >= 0.3 is 0 Å². The Hall–Kier alpha value is -0.860. The average Bonchev–Trinajstić information content (AvgIpc) is 2.35. The summed E-state index contributed by atoms with van der Waals surface area (Å²) in [6, 6.07) is 10.5. The third-order valence-corrected chi connectivity index (χ3v) is 2.94. The van der Waals surface area contributed by atoms with Gasteiger partial charge in [-0.1, -0.05) is 44.2 Å². The molecule has 0 aliphatic rings. The summed E-state index contributed by atoms with van der Waals surface area (Å²) in [5, 5.41) is 12.8. The zero-order chi connectivity index (χ0) is 11.8. The third-order valence-electron chi connectivity index (χ3n) is 2.94. The van der Waals surface area contributed by atoms with Gasteiger partial charge < -0.3 is 10.4 Å². The molecule has 2 nitrogen and oxygen atoms in total. The van der Waals surface area contributed by atoms with Gasteiger partial charge in [0.25, 0.3) is 0 Å². The van der Waals surface area contributed by atoms with Crippen LogP contribution in [0.1, 0.15) is 38.2 Å². The SMILES string of the molecule is CCC(O)CCNCC(C)c1ccccc1. The normalized spacial score (nSPS) is 14.7. The van der Waals surface area contributed by atoms with Gasteiger partial charge in [0, 0.05) is 6.54 Å². The van der Waals surface area contributed by atoms with E-state index in [0.29, 0.717) is 5.92 Å². The van der Waals surface area contributed by atoms with Crippen LogP contribution in [0.3, 0.4) is 0 Å². The van der Waals surface area contributed by atoms with E-state index in [0.717, 1.165) is 25.9 Å². The van der Waals surface area contributed by atoms with E-state index in [1.165, 1.54) is 5.56 Å². The van der Waals surface area contributed by atoms with Gasteiger partial charge in [0.2, 0.25) is 0 Å². The number of benzene rings is 1. The summed E-state index contributed by atoms with van der Waals surface area (Å²) >= 11 is 0. The fourth-order valence-corrected chi connectivity index (χ4v) is 1.69. The standard InChI is InChI=1S/C14H23NO/c1-3-14(16)9-10-15-11-12(2)13-7-5-4-6-8-13/h4-8,12,14-16H,3,9-11H2,1-2H3. The van der Waals surface area contributed by atoms with Crippen LogP contribution >= 0.6 is 0 Å². The topological polar surface area (TPSA) is 32.3 Å². The first-order valence-electron chi connectivity index (χ1n) is 6.17. The van der Waals surface area contributed by atoms with E-state index in [1.54, 1.807) is 0 Å². The van der Waals surface area contributed by atoms with Crippen LogP contribution in [-0.2, 0) is 0 Å². The van der Waals surface area contributed by atoms with Crippen LogP contribution in [0.4, 0.5) is 0 Å². The lowest BCUT2D eigenvalue weighted by molar-refractivity contribution is 0.159.